The van der Waals surface area contributed by atoms with Gasteiger partial charge in [0.05, 0.1) is 6.54 Å². The maximum Gasteiger partial charge on any atom is 0.248 e. The fourth-order valence-corrected chi connectivity index (χ4v) is 5.58. The van der Waals surface area contributed by atoms with Gasteiger partial charge in [-0.2, -0.15) is 4.31 Å². The molecule has 1 amide bonds. The minimum Gasteiger partial charge on any atom is -0.360 e. The van der Waals surface area contributed by atoms with Crippen molar-refractivity contribution in [3.8, 4) is 0 Å². The molecular weight excluding hydrogens is 370 g/mol. The predicted octanol–water partition coefficient (Wildman–Crippen LogP) is -0.205. The first-order chi connectivity index (χ1) is 12.7. The molecule has 10 heteroatoms. The van der Waals surface area contributed by atoms with Crippen LogP contribution in [0.4, 0.5) is 0 Å². The molecule has 2 aliphatic rings. The zero-order chi connectivity index (χ0) is 19.8. The van der Waals surface area contributed by atoms with Crippen LogP contribution in [-0.2, 0) is 14.8 Å². The summed E-state index contributed by atoms with van der Waals surface area (Å²) in [6.07, 6.45) is 1.00. The molecule has 9 nitrogen and oxygen atoms in total. The number of nitrogens with two attached hydrogens (primary N) is 1. The van der Waals surface area contributed by atoms with Gasteiger partial charge in [0.1, 0.15) is 10.6 Å². The molecule has 3 heterocycles. The first kappa shape index (κ1) is 20.2. The number of nitrogens with zero attached hydrogens (tertiary/aromatic N) is 4. The van der Waals surface area contributed by atoms with Crippen LogP contribution in [0.3, 0.4) is 0 Å². The third-order valence-corrected chi connectivity index (χ3v) is 7.79. The van der Waals surface area contributed by atoms with Gasteiger partial charge in [-0.15, -0.1) is 0 Å². The second-order valence-corrected chi connectivity index (χ2v) is 9.79. The molecule has 0 spiro atoms. The maximum atomic E-state index is 12.9. The number of aryl methyl sites for hydroxylation is 2. The highest BCUT2D eigenvalue weighted by atomic mass is 32.2. The highest BCUT2D eigenvalue weighted by Crippen LogP contribution is 2.28. The molecule has 1 unspecified atom stereocenters. The van der Waals surface area contributed by atoms with Gasteiger partial charge in [-0.3, -0.25) is 9.69 Å². The van der Waals surface area contributed by atoms with Gasteiger partial charge in [0, 0.05) is 32.7 Å². The SMILES string of the molecule is Cc1noc(C)c1S(=O)(=O)N1CCN(C(=O)CN2CCC(C)(CN)C2)CC1. The summed E-state index contributed by atoms with van der Waals surface area (Å²) in [5.74, 6) is 0.341. The average molecular weight is 400 g/mol. The van der Waals surface area contributed by atoms with E-state index < -0.39 is 10.0 Å². The highest BCUT2D eigenvalue weighted by molar-refractivity contribution is 7.89. The van der Waals surface area contributed by atoms with Gasteiger partial charge in [0.2, 0.25) is 15.9 Å². The Labute approximate surface area is 160 Å². The van der Waals surface area contributed by atoms with Gasteiger partial charge in [0.25, 0.3) is 0 Å². The van der Waals surface area contributed by atoms with E-state index in [4.69, 9.17) is 10.3 Å². The van der Waals surface area contributed by atoms with Crippen molar-refractivity contribution in [3.63, 3.8) is 0 Å². The third-order valence-electron chi connectivity index (χ3n) is 5.65. The van der Waals surface area contributed by atoms with Gasteiger partial charge in [-0.05, 0) is 38.8 Å². The quantitative estimate of drug-likeness (QED) is 0.729. The Morgan fingerprint density at radius 1 is 1.22 bits per heavy atom. The number of piperazine rings is 1. The summed E-state index contributed by atoms with van der Waals surface area (Å²) in [6.45, 7) is 9.39. The van der Waals surface area contributed by atoms with Crippen LogP contribution < -0.4 is 5.73 Å². The summed E-state index contributed by atoms with van der Waals surface area (Å²) in [6, 6.07) is 0. The molecule has 2 N–H and O–H groups in total. The van der Waals surface area contributed by atoms with E-state index in [-0.39, 0.29) is 29.3 Å². The first-order valence-electron chi connectivity index (χ1n) is 9.29. The molecule has 2 saturated heterocycles. The number of carbonyl (C=O) groups is 1. The summed E-state index contributed by atoms with van der Waals surface area (Å²) in [4.78, 5) is 16.6. The first-order valence-corrected chi connectivity index (χ1v) is 10.7. The molecule has 3 rings (SSSR count). The lowest BCUT2D eigenvalue weighted by atomic mass is 9.90. The van der Waals surface area contributed by atoms with Crippen LogP contribution in [0.15, 0.2) is 9.42 Å². The van der Waals surface area contributed by atoms with E-state index in [2.05, 4.69) is 17.0 Å². The summed E-state index contributed by atoms with van der Waals surface area (Å²) >= 11 is 0. The van der Waals surface area contributed by atoms with E-state index in [0.717, 1.165) is 19.5 Å². The molecule has 27 heavy (non-hydrogen) atoms. The molecule has 0 aromatic carbocycles. The number of amides is 1. The number of likely N-dealkylation sites (tertiary alicyclic amines) is 1. The number of hydrogen-bond donors (Lipinski definition) is 1. The monoisotopic (exact) mass is 399 g/mol. The van der Waals surface area contributed by atoms with Crippen molar-refractivity contribution in [1.82, 2.24) is 19.3 Å². The number of rotatable bonds is 5. The summed E-state index contributed by atoms with van der Waals surface area (Å²) in [7, 11) is -3.66. The Bertz CT molecular complexity index is 781. The topological polar surface area (TPSA) is 113 Å². The summed E-state index contributed by atoms with van der Waals surface area (Å²) in [5, 5.41) is 3.74. The van der Waals surface area contributed by atoms with Crippen molar-refractivity contribution in [1.29, 1.82) is 0 Å². The lowest BCUT2D eigenvalue weighted by Gasteiger charge is -2.34. The van der Waals surface area contributed by atoms with Crippen molar-refractivity contribution in [2.75, 3.05) is 52.4 Å². The van der Waals surface area contributed by atoms with Gasteiger partial charge in [0.15, 0.2) is 5.76 Å². The molecule has 0 bridgehead atoms. The van der Waals surface area contributed by atoms with Crippen LogP contribution in [0.25, 0.3) is 0 Å². The second kappa shape index (κ2) is 7.50. The molecular formula is C17H29N5O4S. The Balaban J connectivity index is 1.57. The Morgan fingerprint density at radius 3 is 2.41 bits per heavy atom. The van der Waals surface area contributed by atoms with Gasteiger partial charge >= 0.3 is 0 Å². The van der Waals surface area contributed by atoms with Crippen LogP contribution in [0.1, 0.15) is 24.8 Å². The van der Waals surface area contributed by atoms with E-state index in [1.165, 1.54) is 4.31 Å². The van der Waals surface area contributed by atoms with E-state index in [9.17, 15) is 13.2 Å². The molecule has 1 aromatic rings. The number of carbonyl (C=O) groups excluding carboxylic acids is 1. The highest BCUT2D eigenvalue weighted by Gasteiger charge is 2.36. The smallest absolute Gasteiger partial charge is 0.248 e. The largest absolute Gasteiger partial charge is 0.360 e. The average Bonchev–Trinajstić information content (AvgIpc) is 3.18. The Kier molecular flexibility index (Phi) is 5.62. The van der Waals surface area contributed by atoms with Crippen LogP contribution in [0, 0.1) is 19.3 Å². The van der Waals surface area contributed by atoms with Gasteiger partial charge < -0.3 is 15.2 Å². The van der Waals surface area contributed by atoms with E-state index in [1.807, 2.05) is 0 Å². The normalized spacial score (nSPS) is 25.3. The fourth-order valence-electron chi connectivity index (χ4n) is 3.87. The molecule has 0 aliphatic carbocycles. The van der Waals surface area contributed by atoms with E-state index in [1.54, 1.807) is 18.7 Å². The second-order valence-electron chi connectivity index (χ2n) is 7.91. The minimum atomic E-state index is -3.66. The predicted molar refractivity (Wildman–Crippen MR) is 99.5 cm³/mol. The zero-order valence-electron chi connectivity index (χ0n) is 16.3. The lowest BCUT2D eigenvalue weighted by molar-refractivity contribution is -0.133. The van der Waals surface area contributed by atoms with Crippen molar-refractivity contribution < 1.29 is 17.7 Å². The van der Waals surface area contributed by atoms with Crippen molar-refractivity contribution in [2.24, 2.45) is 11.1 Å². The van der Waals surface area contributed by atoms with Crippen LogP contribution >= 0.6 is 0 Å². The molecule has 2 aliphatic heterocycles. The number of hydrogen-bond acceptors (Lipinski definition) is 7. The van der Waals surface area contributed by atoms with Crippen LogP contribution in [-0.4, -0.2) is 85.9 Å². The summed E-state index contributed by atoms with van der Waals surface area (Å²) in [5.41, 5.74) is 6.27. The molecule has 0 saturated carbocycles. The van der Waals surface area contributed by atoms with E-state index >= 15 is 0 Å². The molecule has 0 radical (unpaired) electrons. The van der Waals surface area contributed by atoms with Crippen LogP contribution in [0.5, 0.6) is 0 Å². The summed E-state index contributed by atoms with van der Waals surface area (Å²) < 4.78 is 32.1. The van der Waals surface area contributed by atoms with E-state index in [0.29, 0.717) is 37.6 Å². The number of aromatic nitrogens is 1. The number of sulfonamides is 1. The zero-order valence-corrected chi connectivity index (χ0v) is 17.1. The van der Waals surface area contributed by atoms with Gasteiger partial charge in [-0.25, -0.2) is 8.42 Å². The van der Waals surface area contributed by atoms with Gasteiger partial charge in [-0.1, -0.05) is 12.1 Å². The third kappa shape index (κ3) is 4.03. The van der Waals surface area contributed by atoms with Crippen molar-refractivity contribution in [3.05, 3.63) is 11.5 Å². The fraction of sp³-hybridized carbons (Fsp3) is 0.765. The van der Waals surface area contributed by atoms with Crippen molar-refractivity contribution >= 4 is 15.9 Å². The Hall–Kier alpha value is -1.49. The van der Waals surface area contributed by atoms with Crippen LogP contribution in [0.2, 0.25) is 0 Å². The molecule has 2 fully saturated rings. The Morgan fingerprint density at radius 2 is 1.89 bits per heavy atom. The molecule has 1 atom stereocenters. The maximum absolute atomic E-state index is 12.9. The standard InChI is InChI=1S/C17H29N5O4S/c1-13-16(14(2)26-19-13)27(24,25)22-8-6-21(7-9-22)15(23)10-20-5-4-17(3,11-18)12-20/h4-12,18H2,1-3H3. The molecule has 1 aromatic heterocycles. The minimum absolute atomic E-state index is 0.0469. The molecule has 152 valence electrons. The lowest BCUT2D eigenvalue weighted by Crippen LogP contribution is -2.52. The van der Waals surface area contributed by atoms with Crippen molar-refractivity contribution in [2.45, 2.75) is 32.1 Å².